The Hall–Kier alpha value is -0.750. The van der Waals surface area contributed by atoms with Crippen molar-refractivity contribution in [3.63, 3.8) is 0 Å². The van der Waals surface area contributed by atoms with Gasteiger partial charge in [-0.25, -0.2) is 4.98 Å². The summed E-state index contributed by atoms with van der Waals surface area (Å²) in [6, 6.07) is 0. The van der Waals surface area contributed by atoms with Gasteiger partial charge in [0.2, 0.25) is 0 Å². The third-order valence-electron chi connectivity index (χ3n) is 3.46. The summed E-state index contributed by atoms with van der Waals surface area (Å²) in [7, 11) is 1.83. The van der Waals surface area contributed by atoms with Crippen molar-refractivity contribution < 1.29 is 0 Å². The van der Waals surface area contributed by atoms with Crippen molar-refractivity contribution in [3.8, 4) is 0 Å². The molecule has 1 aliphatic heterocycles. The molecule has 1 aliphatic rings. The number of thiazole rings is 1. The summed E-state index contributed by atoms with van der Waals surface area (Å²) >= 11 is 3.78. The second kappa shape index (κ2) is 8.52. The third-order valence-corrected chi connectivity index (χ3v) is 5.33. The molecule has 2 N–H and O–H groups in total. The van der Waals surface area contributed by atoms with Crippen LogP contribution in [0.4, 0.5) is 0 Å². The van der Waals surface area contributed by atoms with Gasteiger partial charge in [0.1, 0.15) is 0 Å². The molecule has 0 aliphatic carbocycles. The Morgan fingerprint density at radius 3 is 2.85 bits per heavy atom. The highest BCUT2D eigenvalue weighted by molar-refractivity contribution is 7.99. The van der Waals surface area contributed by atoms with Crippen molar-refractivity contribution in [3.05, 3.63) is 16.1 Å². The molecule has 0 amide bonds. The Morgan fingerprint density at radius 1 is 1.40 bits per heavy atom. The van der Waals surface area contributed by atoms with E-state index in [9.17, 15) is 0 Å². The van der Waals surface area contributed by atoms with Crippen LogP contribution in [0.2, 0.25) is 0 Å². The number of nitrogens with zero attached hydrogens (tertiary/aromatic N) is 2. The maximum absolute atomic E-state index is 4.47. The Bertz CT molecular complexity index is 425. The van der Waals surface area contributed by atoms with E-state index in [1.54, 1.807) is 11.3 Å². The summed E-state index contributed by atoms with van der Waals surface area (Å²) < 4.78 is 0. The summed E-state index contributed by atoms with van der Waals surface area (Å²) in [5, 5.41) is 10.1. The van der Waals surface area contributed by atoms with E-state index in [4.69, 9.17) is 0 Å². The first-order valence-electron chi connectivity index (χ1n) is 7.21. The third kappa shape index (κ3) is 5.32. The van der Waals surface area contributed by atoms with Gasteiger partial charge in [0, 0.05) is 31.9 Å². The molecule has 0 bridgehead atoms. The van der Waals surface area contributed by atoms with E-state index >= 15 is 0 Å². The summed E-state index contributed by atoms with van der Waals surface area (Å²) in [6.45, 7) is 3.96. The van der Waals surface area contributed by atoms with Gasteiger partial charge in [-0.3, -0.25) is 4.99 Å². The molecule has 0 saturated carbocycles. The Morgan fingerprint density at radius 2 is 2.20 bits per heavy atom. The molecule has 0 spiro atoms. The van der Waals surface area contributed by atoms with Gasteiger partial charge in [0.15, 0.2) is 5.96 Å². The van der Waals surface area contributed by atoms with Gasteiger partial charge in [-0.2, -0.15) is 11.8 Å². The molecular weight excluding hydrogens is 288 g/mol. The second-order valence-electron chi connectivity index (χ2n) is 5.04. The van der Waals surface area contributed by atoms with Crippen LogP contribution in [0.5, 0.6) is 0 Å². The zero-order chi connectivity index (χ0) is 14.2. The van der Waals surface area contributed by atoms with Crippen LogP contribution in [-0.4, -0.2) is 42.6 Å². The molecule has 0 aromatic carbocycles. The lowest BCUT2D eigenvalue weighted by molar-refractivity contribution is 0.479. The maximum Gasteiger partial charge on any atom is 0.190 e. The highest BCUT2D eigenvalue weighted by atomic mass is 32.2. The number of guanidine groups is 1. The first kappa shape index (κ1) is 15.6. The molecule has 2 heterocycles. The molecule has 1 saturated heterocycles. The number of hydrogen-bond donors (Lipinski definition) is 2. The Balaban J connectivity index is 1.64. The van der Waals surface area contributed by atoms with Crippen LogP contribution in [0.1, 0.15) is 23.5 Å². The Kier molecular flexibility index (Phi) is 6.66. The maximum atomic E-state index is 4.47. The molecule has 1 aromatic heterocycles. The van der Waals surface area contributed by atoms with Gasteiger partial charge in [0.25, 0.3) is 0 Å². The van der Waals surface area contributed by atoms with Crippen LogP contribution in [-0.2, 0) is 6.42 Å². The van der Waals surface area contributed by atoms with E-state index < -0.39 is 0 Å². The molecular formula is C14H24N4S2. The van der Waals surface area contributed by atoms with Gasteiger partial charge in [-0.1, -0.05) is 0 Å². The van der Waals surface area contributed by atoms with Gasteiger partial charge >= 0.3 is 0 Å². The number of aromatic nitrogens is 1. The van der Waals surface area contributed by atoms with Gasteiger partial charge in [-0.05, 0) is 37.2 Å². The molecule has 112 valence electrons. The quantitative estimate of drug-likeness (QED) is 0.647. The molecule has 4 nitrogen and oxygen atoms in total. The molecule has 1 aromatic rings. The van der Waals surface area contributed by atoms with Crippen molar-refractivity contribution in [2.24, 2.45) is 10.9 Å². The Labute approximate surface area is 129 Å². The number of thioether (sulfide) groups is 1. The minimum atomic E-state index is 0.802. The fourth-order valence-corrected chi connectivity index (χ4v) is 4.10. The van der Waals surface area contributed by atoms with Crippen LogP contribution < -0.4 is 10.6 Å². The fraction of sp³-hybridized carbons (Fsp3) is 0.714. The van der Waals surface area contributed by atoms with Gasteiger partial charge < -0.3 is 10.6 Å². The second-order valence-corrected chi connectivity index (χ2v) is 7.33. The minimum absolute atomic E-state index is 0.802. The number of aryl methyl sites for hydroxylation is 1. The monoisotopic (exact) mass is 312 g/mol. The van der Waals surface area contributed by atoms with E-state index in [0.717, 1.165) is 36.4 Å². The smallest absolute Gasteiger partial charge is 0.190 e. The predicted octanol–water partition coefficient (Wildman–Crippen LogP) is 2.30. The normalized spacial score (nSPS) is 17.2. The minimum Gasteiger partial charge on any atom is -0.356 e. The number of nitrogens with one attached hydrogen (secondary N) is 2. The summed E-state index contributed by atoms with van der Waals surface area (Å²) in [5.41, 5.74) is 1.17. The average Bonchev–Trinajstić information content (AvgIpc) is 2.89. The van der Waals surface area contributed by atoms with E-state index in [0.29, 0.717) is 0 Å². The van der Waals surface area contributed by atoms with Crippen molar-refractivity contribution in [2.75, 3.05) is 31.6 Å². The lowest BCUT2D eigenvalue weighted by atomic mass is 10.0. The van der Waals surface area contributed by atoms with Crippen LogP contribution in [0.15, 0.2) is 10.4 Å². The van der Waals surface area contributed by atoms with Crippen molar-refractivity contribution in [1.29, 1.82) is 0 Å². The molecule has 6 heteroatoms. The number of hydrogen-bond acceptors (Lipinski definition) is 4. The number of aliphatic imine (C=N–C) groups is 1. The van der Waals surface area contributed by atoms with E-state index in [-0.39, 0.29) is 0 Å². The molecule has 0 atom stereocenters. The molecule has 0 unspecified atom stereocenters. The van der Waals surface area contributed by atoms with E-state index in [2.05, 4.69) is 37.8 Å². The fourth-order valence-electron chi connectivity index (χ4n) is 2.24. The first-order valence-corrected chi connectivity index (χ1v) is 9.24. The van der Waals surface area contributed by atoms with Crippen LogP contribution in [0.25, 0.3) is 0 Å². The largest absolute Gasteiger partial charge is 0.356 e. The zero-order valence-electron chi connectivity index (χ0n) is 12.3. The van der Waals surface area contributed by atoms with Crippen molar-refractivity contribution >= 4 is 29.1 Å². The topological polar surface area (TPSA) is 49.3 Å². The van der Waals surface area contributed by atoms with Crippen molar-refractivity contribution in [1.82, 2.24) is 15.6 Å². The molecule has 0 radical (unpaired) electrons. The highest BCUT2D eigenvalue weighted by Crippen LogP contribution is 2.21. The lowest BCUT2D eigenvalue weighted by Gasteiger charge is -2.22. The number of rotatable bonds is 5. The van der Waals surface area contributed by atoms with E-state index in [1.165, 1.54) is 30.0 Å². The predicted molar refractivity (Wildman–Crippen MR) is 90.0 cm³/mol. The average molecular weight is 313 g/mol. The summed E-state index contributed by atoms with van der Waals surface area (Å²) in [5.74, 6) is 4.33. The van der Waals surface area contributed by atoms with Gasteiger partial charge in [0.05, 0.1) is 10.7 Å². The molecule has 2 rings (SSSR count). The van der Waals surface area contributed by atoms with Crippen LogP contribution >= 0.6 is 23.1 Å². The van der Waals surface area contributed by atoms with Crippen LogP contribution in [0, 0.1) is 12.8 Å². The first-order chi connectivity index (χ1) is 9.78. The lowest BCUT2D eigenvalue weighted by Crippen LogP contribution is -2.41. The SMILES string of the molecule is CN=C(NCCc1csc(C)n1)NCC1CCSCC1. The van der Waals surface area contributed by atoms with Crippen molar-refractivity contribution in [2.45, 2.75) is 26.2 Å². The van der Waals surface area contributed by atoms with Crippen LogP contribution in [0.3, 0.4) is 0 Å². The zero-order valence-corrected chi connectivity index (χ0v) is 13.9. The summed E-state index contributed by atoms with van der Waals surface area (Å²) in [4.78, 5) is 8.75. The molecule has 1 fully saturated rings. The summed E-state index contributed by atoms with van der Waals surface area (Å²) in [6.07, 6.45) is 3.60. The standard InChI is InChI=1S/C14H24N4S2/c1-11-18-13(10-20-11)3-6-16-14(15-2)17-9-12-4-7-19-8-5-12/h10,12H,3-9H2,1-2H3,(H2,15,16,17). The van der Waals surface area contributed by atoms with E-state index in [1.807, 2.05) is 14.0 Å². The van der Waals surface area contributed by atoms with Gasteiger partial charge in [-0.15, -0.1) is 11.3 Å². The highest BCUT2D eigenvalue weighted by Gasteiger charge is 2.13. The molecule has 20 heavy (non-hydrogen) atoms.